The van der Waals surface area contributed by atoms with Gasteiger partial charge in [0.15, 0.2) is 0 Å². The molecule has 0 saturated heterocycles. The molecule has 0 aromatic heterocycles. The fourth-order valence-electron chi connectivity index (χ4n) is 0.628. The van der Waals surface area contributed by atoms with Gasteiger partial charge in [0.05, 0.1) is 10.8 Å². The maximum atomic E-state index is 10.7. The minimum atomic E-state index is -4.92. The highest BCUT2D eigenvalue weighted by atomic mass is 32.2. The average molecular weight is 320 g/mol. The maximum absolute atomic E-state index is 10.7. The summed E-state index contributed by atoms with van der Waals surface area (Å²) in [6.45, 7) is 0. The summed E-state index contributed by atoms with van der Waals surface area (Å²) in [7, 11) is -14.2. The smallest absolute Gasteiger partial charge is 0.282 e. The first-order chi connectivity index (χ1) is 7.81. The summed E-state index contributed by atoms with van der Waals surface area (Å²) in [5.74, 6) is 0. The van der Waals surface area contributed by atoms with Gasteiger partial charge >= 0.3 is 0 Å². The van der Waals surface area contributed by atoms with E-state index in [0.717, 1.165) is 0 Å². The van der Waals surface area contributed by atoms with Crippen LogP contribution in [-0.4, -0.2) is 38.9 Å². The van der Waals surface area contributed by atoms with Crippen molar-refractivity contribution in [1.29, 1.82) is 0 Å². The van der Waals surface area contributed by atoms with Crippen LogP contribution in [0.25, 0.3) is 0 Å². The molecule has 9 nitrogen and oxygen atoms in total. The van der Waals surface area contributed by atoms with Crippen LogP contribution in [0.15, 0.2) is 33.9 Å². The topological polar surface area (TPSA) is 163 Å². The van der Waals surface area contributed by atoms with E-state index in [2.05, 4.69) is 0 Å². The second-order valence-electron chi connectivity index (χ2n) is 2.71. The molecule has 0 rings (SSSR count). The van der Waals surface area contributed by atoms with Crippen LogP contribution in [0.1, 0.15) is 0 Å². The van der Waals surface area contributed by atoms with E-state index in [0.29, 0.717) is 18.2 Å². The molecular formula is C6H8O9S3. The van der Waals surface area contributed by atoms with Crippen LogP contribution in [0.4, 0.5) is 0 Å². The minimum Gasteiger partial charge on any atom is -0.282 e. The van der Waals surface area contributed by atoms with Gasteiger partial charge in [-0.05, 0) is 12.2 Å². The lowest BCUT2D eigenvalue weighted by atomic mass is 10.5. The van der Waals surface area contributed by atoms with Crippen molar-refractivity contribution in [1.82, 2.24) is 0 Å². The first kappa shape index (κ1) is 16.9. The molecule has 0 spiro atoms. The molecule has 104 valence electrons. The third kappa shape index (κ3) is 9.03. The van der Waals surface area contributed by atoms with Crippen LogP contribution in [0.2, 0.25) is 0 Å². The quantitative estimate of drug-likeness (QED) is 0.450. The molecule has 0 heterocycles. The van der Waals surface area contributed by atoms with Gasteiger partial charge in [0.25, 0.3) is 30.4 Å². The Morgan fingerprint density at radius 2 is 1.28 bits per heavy atom. The second-order valence-corrected chi connectivity index (χ2v) is 6.70. The summed E-state index contributed by atoms with van der Waals surface area (Å²) >= 11 is 0. The molecule has 0 aromatic rings. The van der Waals surface area contributed by atoms with Crippen molar-refractivity contribution in [2.45, 2.75) is 0 Å². The number of hydrogen-bond donors (Lipinski definition) is 3. The Labute approximate surface area is 103 Å². The molecule has 0 aromatic carbocycles. The van der Waals surface area contributed by atoms with Crippen molar-refractivity contribution in [3.8, 4) is 0 Å². The van der Waals surface area contributed by atoms with Gasteiger partial charge in [0.1, 0.15) is 4.91 Å². The number of rotatable bonds is 5. The van der Waals surface area contributed by atoms with E-state index in [4.69, 9.17) is 13.7 Å². The Hall–Kier alpha value is -1.05. The fraction of sp³-hybridized carbons (Fsp3) is 0. The predicted octanol–water partition coefficient (Wildman–Crippen LogP) is -0.439. The van der Waals surface area contributed by atoms with Gasteiger partial charge in [0, 0.05) is 0 Å². The molecule has 0 bridgehead atoms. The van der Waals surface area contributed by atoms with Gasteiger partial charge in [-0.3, -0.25) is 13.7 Å². The molecule has 0 aliphatic heterocycles. The van der Waals surface area contributed by atoms with Gasteiger partial charge in [-0.1, -0.05) is 6.08 Å². The predicted molar refractivity (Wildman–Crippen MR) is 61.0 cm³/mol. The van der Waals surface area contributed by atoms with Crippen LogP contribution >= 0.6 is 0 Å². The molecule has 0 unspecified atom stereocenters. The van der Waals surface area contributed by atoms with Crippen molar-refractivity contribution < 1.29 is 38.9 Å². The van der Waals surface area contributed by atoms with Crippen LogP contribution in [-0.2, 0) is 30.4 Å². The minimum absolute atomic E-state index is 0.153. The van der Waals surface area contributed by atoms with E-state index < -0.39 is 35.3 Å². The third-order valence-corrected chi connectivity index (χ3v) is 3.24. The standard InChI is InChI=1S/C6H8O9S3/c7-16(8,9)4-2-1-3-6(18(13,14)15)5-17(10,11)12/h1-5H,(H,7,8,9)(H,10,11,12)(H,13,14,15). The van der Waals surface area contributed by atoms with E-state index in [1.165, 1.54) is 0 Å². The van der Waals surface area contributed by atoms with E-state index in [9.17, 15) is 25.3 Å². The summed E-state index contributed by atoms with van der Waals surface area (Å²) < 4.78 is 87.8. The Morgan fingerprint density at radius 3 is 1.61 bits per heavy atom. The Morgan fingerprint density at radius 1 is 0.778 bits per heavy atom. The molecule has 12 heteroatoms. The Bertz CT molecular complexity index is 687. The van der Waals surface area contributed by atoms with Crippen molar-refractivity contribution in [2.24, 2.45) is 0 Å². The van der Waals surface area contributed by atoms with Crippen molar-refractivity contribution in [2.75, 3.05) is 0 Å². The Balaban J connectivity index is 5.40. The summed E-state index contributed by atoms with van der Waals surface area (Å²) in [6, 6.07) is 0. The molecule has 0 amide bonds. The van der Waals surface area contributed by atoms with E-state index in [1.54, 1.807) is 0 Å². The average Bonchev–Trinajstić information content (AvgIpc) is 2.04. The summed E-state index contributed by atoms with van der Waals surface area (Å²) in [6.07, 6.45) is 1.86. The molecular weight excluding hydrogens is 312 g/mol. The first-order valence-electron chi connectivity index (χ1n) is 3.80. The molecule has 18 heavy (non-hydrogen) atoms. The Kier molecular flexibility index (Phi) is 5.39. The van der Waals surface area contributed by atoms with Crippen LogP contribution < -0.4 is 0 Å². The lowest BCUT2D eigenvalue weighted by molar-refractivity contribution is 0.487. The van der Waals surface area contributed by atoms with Crippen LogP contribution in [0.3, 0.4) is 0 Å². The van der Waals surface area contributed by atoms with Crippen LogP contribution in [0, 0.1) is 0 Å². The zero-order valence-electron chi connectivity index (χ0n) is 8.40. The molecule has 0 atom stereocenters. The SMILES string of the molecule is O=S(=O)(O)C=CC=CC(=CS(=O)(=O)O)S(=O)(=O)O. The van der Waals surface area contributed by atoms with Crippen molar-refractivity contribution >= 4 is 30.4 Å². The maximum Gasteiger partial charge on any atom is 0.295 e. The van der Waals surface area contributed by atoms with Gasteiger partial charge in [-0.2, -0.15) is 25.3 Å². The zero-order chi connectivity index (χ0) is 14.6. The third-order valence-electron chi connectivity index (χ3n) is 1.19. The molecule has 0 aliphatic carbocycles. The normalized spacial score (nSPS) is 15.6. The highest BCUT2D eigenvalue weighted by molar-refractivity contribution is 7.93. The highest BCUT2D eigenvalue weighted by Gasteiger charge is 2.14. The highest BCUT2D eigenvalue weighted by Crippen LogP contribution is 2.08. The van der Waals surface area contributed by atoms with Crippen molar-refractivity contribution in [3.05, 3.63) is 33.9 Å². The van der Waals surface area contributed by atoms with Gasteiger partial charge in [0.2, 0.25) is 0 Å². The molecule has 0 radical (unpaired) electrons. The van der Waals surface area contributed by atoms with Gasteiger partial charge in [-0.25, -0.2) is 0 Å². The van der Waals surface area contributed by atoms with Crippen LogP contribution in [0.5, 0.6) is 0 Å². The monoisotopic (exact) mass is 320 g/mol. The lowest BCUT2D eigenvalue weighted by Gasteiger charge is -1.95. The lowest BCUT2D eigenvalue weighted by Crippen LogP contribution is -2.03. The molecule has 3 N–H and O–H groups in total. The second kappa shape index (κ2) is 5.73. The van der Waals surface area contributed by atoms with E-state index >= 15 is 0 Å². The largest absolute Gasteiger partial charge is 0.295 e. The van der Waals surface area contributed by atoms with Gasteiger partial charge in [-0.15, -0.1) is 0 Å². The summed E-state index contributed by atoms with van der Waals surface area (Å²) in [4.78, 5) is -1.19. The molecule has 0 aliphatic rings. The number of hydrogen-bond acceptors (Lipinski definition) is 6. The zero-order valence-corrected chi connectivity index (χ0v) is 10.9. The van der Waals surface area contributed by atoms with E-state index in [1.807, 2.05) is 0 Å². The first-order valence-corrected chi connectivity index (χ1v) is 8.25. The molecule has 0 saturated carbocycles. The summed E-state index contributed by atoms with van der Waals surface area (Å²) in [5, 5.41) is 0.124. The number of allylic oxidation sites excluding steroid dienone is 3. The van der Waals surface area contributed by atoms with Crippen molar-refractivity contribution in [3.63, 3.8) is 0 Å². The fourth-order valence-corrected chi connectivity index (χ4v) is 2.39. The van der Waals surface area contributed by atoms with E-state index in [-0.39, 0.29) is 10.8 Å². The molecule has 0 fully saturated rings. The summed E-state index contributed by atoms with van der Waals surface area (Å²) in [5.41, 5.74) is 0. The van der Waals surface area contributed by atoms with Gasteiger partial charge < -0.3 is 0 Å².